The monoisotopic (exact) mass is 368 g/mol. The molecule has 0 N–H and O–H groups in total. The van der Waals surface area contributed by atoms with Gasteiger partial charge in [-0.3, -0.25) is 4.79 Å². The number of carbonyl (C=O) groups excluding carboxylic acids is 1. The fourth-order valence-corrected chi connectivity index (χ4v) is 3.88. The highest BCUT2D eigenvalue weighted by Crippen LogP contribution is 2.37. The maximum Gasteiger partial charge on any atom is 0.312 e. The van der Waals surface area contributed by atoms with E-state index in [1.165, 1.54) is 64.2 Å². The number of rotatable bonds is 17. The first-order valence-electron chi connectivity index (χ1n) is 11.6. The van der Waals surface area contributed by atoms with E-state index in [0.29, 0.717) is 5.92 Å². The van der Waals surface area contributed by atoms with E-state index >= 15 is 0 Å². The molecule has 0 aromatic heterocycles. The minimum Gasteiger partial charge on any atom is -0.462 e. The molecule has 0 radical (unpaired) electrons. The molecular formula is C24H48O2. The van der Waals surface area contributed by atoms with E-state index in [9.17, 15) is 4.79 Å². The topological polar surface area (TPSA) is 26.3 Å². The summed E-state index contributed by atoms with van der Waals surface area (Å²) in [7, 11) is 0. The molecule has 0 bridgehead atoms. The summed E-state index contributed by atoms with van der Waals surface area (Å²) in [6, 6.07) is 0. The standard InChI is InChI=1S/C24H48O2/c1-7-11-14-15-17-21(5)26-23(25)24(6,19-16-12-8-2)20-22(10-4)18-13-9-3/h21-22H,7-20H2,1-6H3. The number of esters is 1. The molecule has 156 valence electrons. The second kappa shape index (κ2) is 15.5. The quantitative estimate of drug-likeness (QED) is 0.191. The van der Waals surface area contributed by atoms with E-state index in [1.807, 2.05) is 0 Å². The number of unbranched alkanes of at least 4 members (excludes halogenated alkanes) is 6. The summed E-state index contributed by atoms with van der Waals surface area (Å²) in [5.74, 6) is 0.709. The molecule has 3 unspecified atom stereocenters. The molecule has 0 heterocycles. The number of hydrogen-bond donors (Lipinski definition) is 0. The van der Waals surface area contributed by atoms with Crippen molar-refractivity contribution >= 4 is 5.97 Å². The van der Waals surface area contributed by atoms with Crippen molar-refractivity contribution in [2.24, 2.45) is 11.3 Å². The maximum atomic E-state index is 13.1. The van der Waals surface area contributed by atoms with Crippen molar-refractivity contribution in [2.45, 2.75) is 138 Å². The molecule has 0 aromatic carbocycles. The lowest BCUT2D eigenvalue weighted by Gasteiger charge is -2.32. The van der Waals surface area contributed by atoms with Crippen molar-refractivity contribution in [3.63, 3.8) is 0 Å². The third kappa shape index (κ3) is 11.2. The van der Waals surface area contributed by atoms with E-state index in [4.69, 9.17) is 4.74 Å². The van der Waals surface area contributed by atoms with E-state index < -0.39 is 0 Å². The van der Waals surface area contributed by atoms with Crippen LogP contribution in [0.1, 0.15) is 131 Å². The SMILES string of the molecule is CCCCCCC(C)OC(=O)C(C)(CCCCC)CC(CC)CCCC. The van der Waals surface area contributed by atoms with Crippen molar-refractivity contribution in [3.05, 3.63) is 0 Å². The molecule has 0 saturated heterocycles. The van der Waals surface area contributed by atoms with Gasteiger partial charge in [0.15, 0.2) is 0 Å². The Labute approximate surface area is 164 Å². The Kier molecular flexibility index (Phi) is 15.2. The minimum atomic E-state index is -0.304. The van der Waals surface area contributed by atoms with E-state index in [0.717, 1.165) is 25.7 Å². The molecule has 0 spiro atoms. The van der Waals surface area contributed by atoms with Gasteiger partial charge in [0.1, 0.15) is 0 Å². The van der Waals surface area contributed by atoms with Crippen LogP contribution in [-0.4, -0.2) is 12.1 Å². The minimum absolute atomic E-state index is 0.0561. The van der Waals surface area contributed by atoms with Crippen LogP contribution in [0.5, 0.6) is 0 Å². The smallest absolute Gasteiger partial charge is 0.312 e. The Morgan fingerprint density at radius 3 is 2.04 bits per heavy atom. The normalized spacial score (nSPS) is 16.1. The Morgan fingerprint density at radius 2 is 1.46 bits per heavy atom. The molecule has 0 aliphatic carbocycles. The van der Waals surface area contributed by atoms with Crippen molar-refractivity contribution in [1.82, 2.24) is 0 Å². The molecule has 0 aliphatic heterocycles. The number of carbonyl (C=O) groups is 1. The highest BCUT2D eigenvalue weighted by Gasteiger charge is 2.37. The third-order valence-corrected chi connectivity index (χ3v) is 5.88. The van der Waals surface area contributed by atoms with Gasteiger partial charge in [-0.2, -0.15) is 0 Å². The highest BCUT2D eigenvalue weighted by atomic mass is 16.5. The molecular weight excluding hydrogens is 320 g/mol. The molecule has 2 nitrogen and oxygen atoms in total. The van der Waals surface area contributed by atoms with Gasteiger partial charge in [-0.25, -0.2) is 0 Å². The molecule has 0 saturated carbocycles. The fourth-order valence-electron chi connectivity index (χ4n) is 3.88. The zero-order valence-corrected chi connectivity index (χ0v) is 18.9. The van der Waals surface area contributed by atoms with E-state index in [2.05, 4.69) is 41.5 Å². The Hall–Kier alpha value is -0.530. The highest BCUT2D eigenvalue weighted by molar-refractivity contribution is 5.76. The van der Waals surface area contributed by atoms with Gasteiger partial charge in [-0.05, 0) is 45.4 Å². The summed E-state index contributed by atoms with van der Waals surface area (Å²) in [6.07, 6.45) is 16.5. The van der Waals surface area contributed by atoms with Crippen molar-refractivity contribution in [3.8, 4) is 0 Å². The average Bonchev–Trinajstić information content (AvgIpc) is 2.62. The van der Waals surface area contributed by atoms with Crippen LogP contribution < -0.4 is 0 Å². The van der Waals surface area contributed by atoms with Crippen LogP contribution >= 0.6 is 0 Å². The fraction of sp³-hybridized carbons (Fsp3) is 0.958. The molecule has 0 aliphatic rings. The largest absolute Gasteiger partial charge is 0.462 e. The molecule has 0 amide bonds. The van der Waals surface area contributed by atoms with Crippen LogP contribution in [0.15, 0.2) is 0 Å². The lowest BCUT2D eigenvalue weighted by atomic mass is 9.75. The van der Waals surface area contributed by atoms with Gasteiger partial charge < -0.3 is 4.74 Å². The Bertz CT molecular complexity index is 339. The molecule has 3 atom stereocenters. The van der Waals surface area contributed by atoms with Crippen LogP contribution in [-0.2, 0) is 9.53 Å². The Morgan fingerprint density at radius 1 is 0.846 bits per heavy atom. The van der Waals surface area contributed by atoms with Crippen LogP contribution in [0.25, 0.3) is 0 Å². The summed E-state index contributed by atoms with van der Waals surface area (Å²) in [5, 5.41) is 0. The summed E-state index contributed by atoms with van der Waals surface area (Å²) in [4.78, 5) is 13.1. The zero-order chi connectivity index (χ0) is 19.8. The van der Waals surface area contributed by atoms with E-state index in [1.54, 1.807) is 0 Å². The molecule has 0 aromatic rings. The van der Waals surface area contributed by atoms with Crippen LogP contribution in [0.3, 0.4) is 0 Å². The molecule has 0 fully saturated rings. The summed E-state index contributed by atoms with van der Waals surface area (Å²) < 4.78 is 5.94. The lowest BCUT2D eigenvalue weighted by Crippen LogP contribution is -2.34. The first kappa shape index (κ1) is 25.5. The Balaban J connectivity index is 4.76. The van der Waals surface area contributed by atoms with Gasteiger partial charge in [-0.15, -0.1) is 0 Å². The van der Waals surface area contributed by atoms with Gasteiger partial charge in [0, 0.05) is 0 Å². The summed E-state index contributed by atoms with van der Waals surface area (Å²) in [5.41, 5.74) is -0.304. The zero-order valence-electron chi connectivity index (χ0n) is 18.9. The molecule has 0 rings (SSSR count). The van der Waals surface area contributed by atoms with E-state index in [-0.39, 0.29) is 17.5 Å². The first-order chi connectivity index (χ1) is 12.4. The average molecular weight is 369 g/mol. The van der Waals surface area contributed by atoms with Gasteiger partial charge in [0.05, 0.1) is 11.5 Å². The predicted molar refractivity (Wildman–Crippen MR) is 114 cm³/mol. The van der Waals surface area contributed by atoms with Crippen molar-refractivity contribution in [1.29, 1.82) is 0 Å². The van der Waals surface area contributed by atoms with Gasteiger partial charge in [0.2, 0.25) is 0 Å². The first-order valence-corrected chi connectivity index (χ1v) is 11.6. The van der Waals surface area contributed by atoms with Crippen molar-refractivity contribution in [2.75, 3.05) is 0 Å². The van der Waals surface area contributed by atoms with Gasteiger partial charge >= 0.3 is 5.97 Å². The second-order valence-electron chi connectivity index (χ2n) is 8.70. The molecule has 26 heavy (non-hydrogen) atoms. The number of hydrogen-bond acceptors (Lipinski definition) is 2. The van der Waals surface area contributed by atoms with Gasteiger partial charge in [0.25, 0.3) is 0 Å². The predicted octanol–water partition coefficient (Wildman–Crippen LogP) is 8.08. The number of ether oxygens (including phenoxy) is 1. The third-order valence-electron chi connectivity index (χ3n) is 5.88. The van der Waals surface area contributed by atoms with Crippen LogP contribution in [0.4, 0.5) is 0 Å². The summed E-state index contributed by atoms with van der Waals surface area (Å²) >= 11 is 0. The van der Waals surface area contributed by atoms with Crippen molar-refractivity contribution < 1.29 is 9.53 Å². The van der Waals surface area contributed by atoms with Gasteiger partial charge in [-0.1, -0.05) is 91.9 Å². The van der Waals surface area contributed by atoms with Crippen LogP contribution in [0, 0.1) is 11.3 Å². The molecule has 2 heteroatoms. The van der Waals surface area contributed by atoms with Crippen LogP contribution in [0.2, 0.25) is 0 Å². The second-order valence-corrected chi connectivity index (χ2v) is 8.70. The summed E-state index contributed by atoms with van der Waals surface area (Å²) in [6.45, 7) is 13.2. The maximum absolute atomic E-state index is 13.1. The lowest BCUT2D eigenvalue weighted by molar-refractivity contribution is -0.162.